The topological polar surface area (TPSA) is 47.3 Å². The number of imidazole rings is 1. The van der Waals surface area contributed by atoms with Crippen molar-refractivity contribution in [2.75, 3.05) is 13.2 Å². The van der Waals surface area contributed by atoms with E-state index in [0.29, 0.717) is 19.0 Å². The first-order chi connectivity index (χ1) is 5.62. The van der Waals surface area contributed by atoms with Crippen molar-refractivity contribution in [1.82, 2.24) is 9.55 Å². The molecule has 4 nitrogen and oxygen atoms in total. The van der Waals surface area contributed by atoms with Gasteiger partial charge in [-0.3, -0.25) is 0 Å². The molecule has 0 amide bonds. The van der Waals surface area contributed by atoms with E-state index in [2.05, 4.69) is 20.9 Å². The average Bonchev–Trinajstić information content (AvgIpc) is 2.25. The van der Waals surface area contributed by atoms with Crippen LogP contribution in [0.1, 0.15) is 5.82 Å². The van der Waals surface area contributed by atoms with Gasteiger partial charge >= 0.3 is 0 Å². The van der Waals surface area contributed by atoms with Crippen LogP contribution >= 0.6 is 15.9 Å². The van der Waals surface area contributed by atoms with E-state index in [1.165, 1.54) is 0 Å². The molecule has 0 spiro atoms. The van der Waals surface area contributed by atoms with E-state index in [1.54, 1.807) is 4.57 Å². The predicted octanol–water partition coefficient (Wildman–Crippen LogP) is 0.400. The van der Waals surface area contributed by atoms with Crippen LogP contribution in [0, 0.1) is 0 Å². The zero-order valence-corrected chi connectivity index (χ0v) is 8.21. The maximum atomic E-state index is 9.85. The fraction of sp³-hybridized carbons (Fsp3) is 0.571. The van der Waals surface area contributed by atoms with Gasteiger partial charge in [0, 0.05) is 13.2 Å². The van der Waals surface area contributed by atoms with Crippen molar-refractivity contribution in [3.8, 4) is 0 Å². The third-order valence-electron chi connectivity index (χ3n) is 1.94. The zero-order chi connectivity index (χ0) is 8.77. The van der Waals surface area contributed by atoms with Gasteiger partial charge in [0.1, 0.15) is 10.4 Å². The van der Waals surface area contributed by atoms with Gasteiger partial charge in [-0.05, 0) is 15.9 Å². The third kappa shape index (κ3) is 1.09. The zero-order valence-electron chi connectivity index (χ0n) is 6.62. The molecule has 0 aliphatic carbocycles. The lowest BCUT2D eigenvalue weighted by atomic mass is 10.0. The maximum absolute atomic E-state index is 9.85. The number of nitrogens with zero attached hydrogens (tertiary/aromatic N) is 2. The lowest BCUT2D eigenvalue weighted by Crippen LogP contribution is -2.48. The van der Waals surface area contributed by atoms with Gasteiger partial charge in [-0.15, -0.1) is 0 Å². The maximum Gasteiger partial charge on any atom is 0.169 e. The van der Waals surface area contributed by atoms with Gasteiger partial charge in [0.05, 0.1) is 13.2 Å². The molecule has 2 heterocycles. The van der Waals surface area contributed by atoms with E-state index in [0.717, 1.165) is 4.60 Å². The van der Waals surface area contributed by atoms with Crippen LogP contribution in [0.4, 0.5) is 0 Å². The van der Waals surface area contributed by atoms with Gasteiger partial charge in [-0.1, -0.05) is 0 Å². The fourth-order valence-electron chi connectivity index (χ4n) is 1.29. The van der Waals surface area contributed by atoms with Crippen LogP contribution in [0.5, 0.6) is 0 Å². The van der Waals surface area contributed by atoms with Gasteiger partial charge in [-0.25, -0.2) is 4.98 Å². The van der Waals surface area contributed by atoms with Crippen molar-refractivity contribution in [2.45, 2.75) is 5.60 Å². The Hall–Kier alpha value is -0.390. The minimum atomic E-state index is -0.874. The number of hydrogen-bond acceptors (Lipinski definition) is 3. The molecule has 12 heavy (non-hydrogen) atoms. The summed E-state index contributed by atoms with van der Waals surface area (Å²) in [6, 6.07) is 0. The molecule has 1 saturated heterocycles. The SMILES string of the molecule is Cn1cc(Br)nc1C1(O)COC1. The molecule has 1 N–H and O–H groups in total. The average molecular weight is 233 g/mol. The van der Waals surface area contributed by atoms with Crippen molar-refractivity contribution in [3.63, 3.8) is 0 Å². The van der Waals surface area contributed by atoms with E-state index in [1.807, 2.05) is 13.2 Å². The second-order valence-corrected chi connectivity index (χ2v) is 3.83. The highest BCUT2D eigenvalue weighted by atomic mass is 79.9. The van der Waals surface area contributed by atoms with Crippen molar-refractivity contribution in [1.29, 1.82) is 0 Å². The molecular weight excluding hydrogens is 224 g/mol. The number of aliphatic hydroxyl groups is 1. The molecule has 66 valence electrons. The van der Waals surface area contributed by atoms with Crippen molar-refractivity contribution in [2.24, 2.45) is 7.05 Å². The Morgan fingerprint density at radius 1 is 1.75 bits per heavy atom. The van der Waals surface area contributed by atoms with Gasteiger partial charge in [0.15, 0.2) is 5.60 Å². The summed E-state index contributed by atoms with van der Waals surface area (Å²) >= 11 is 3.24. The highest BCUT2D eigenvalue weighted by molar-refractivity contribution is 9.10. The molecular formula is C7H9BrN2O2. The number of halogens is 1. The molecule has 1 aromatic heterocycles. The van der Waals surface area contributed by atoms with Crippen molar-refractivity contribution < 1.29 is 9.84 Å². The first kappa shape index (κ1) is 8.22. The molecule has 0 aromatic carbocycles. The number of rotatable bonds is 1. The molecule has 1 fully saturated rings. The molecule has 1 aliphatic heterocycles. The van der Waals surface area contributed by atoms with Gasteiger partial charge in [0.2, 0.25) is 0 Å². The predicted molar refractivity (Wildman–Crippen MR) is 45.6 cm³/mol. The summed E-state index contributed by atoms with van der Waals surface area (Å²) in [5.74, 6) is 0.653. The van der Waals surface area contributed by atoms with Gasteiger partial charge < -0.3 is 14.4 Å². The normalized spacial score (nSPS) is 20.6. The molecule has 2 rings (SSSR count). The van der Waals surface area contributed by atoms with Crippen molar-refractivity contribution in [3.05, 3.63) is 16.6 Å². The molecule has 1 aromatic rings. The Bertz CT molecular complexity index is 306. The quantitative estimate of drug-likeness (QED) is 0.763. The van der Waals surface area contributed by atoms with Crippen LogP contribution in [0.3, 0.4) is 0 Å². The van der Waals surface area contributed by atoms with Crippen LogP contribution in [0.25, 0.3) is 0 Å². The second-order valence-electron chi connectivity index (χ2n) is 3.02. The summed E-state index contributed by atoms with van der Waals surface area (Å²) in [6.45, 7) is 0.675. The van der Waals surface area contributed by atoms with E-state index < -0.39 is 5.60 Å². The minimum Gasteiger partial charge on any atom is -0.377 e. The Balaban J connectivity index is 2.38. The first-order valence-electron chi connectivity index (χ1n) is 3.61. The Kier molecular flexibility index (Phi) is 1.75. The molecule has 0 bridgehead atoms. The van der Waals surface area contributed by atoms with Crippen LogP contribution in [-0.4, -0.2) is 27.9 Å². The smallest absolute Gasteiger partial charge is 0.169 e. The Morgan fingerprint density at radius 3 is 2.75 bits per heavy atom. The lowest BCUT2D eigenvalue weighted by Gasteiger charge is -2.35. The summed E-state index contributed by atoms with van der Waals surface area (Å²) in [7, 11) is 1.85. The summed E-state index contributed by atoms with van der Waals surface area (Å²) in [5, 5.41) is 9.85. The number of aryl methyl sites for hydroxylation is 1. The van der Waals surface area contributed by atoms with Crippen LogP contribution < -0.4 is 0 Å². The largest absolute Gasteiger partial charge is 0.377 e. The molecule has 0 saturated carbocycles. The highest BCUT2D eigenvalue weighted by Gasteiger charge is 2.41. The van der Waals surface area contributed by atoms with E-state index in [9.17, 15) is 5.11 Å². The molecule has 0 radical (unpaired) electrons. The van der Waals surface area contributed by atoms with E-state index in [-0.39, 0.29) is 0 Å². The Labute approximate surface area is 78.3 Å². The van der Waals surface area contributed by atoms with E-state index in [4.69, 9.17) is 4.74 Å². The van der Waals surface area contributed by atoms with Crippen molar-refractivity contribution >= 4 is 15.9 Å². The minimum absolute atomic E-state index is 0.338. The molecule has 0 atom stereocenters. The number of aromatic nitrogens is 2. The van der Waals surface area contributed by atoms with E-state index >= 15 is 0 Å². The Morgan fingerprint density at radius 2 is 2.42 bits per heavy atom. The summed E-state index contributed by atoms with van der Waals surface area (Å²) in [6.07, 6.45) is 1.81. The molecule has 0 unspecified atom stereocenters. The fourth-order valence-corrected chi connectivity index (χ4v) is 1.76. The first-order valence-corrected chi connectivity index (χ1v) is 4.40. The summed E-state index contributed by atoms with van der Waals surface area (Å²) < 4.78 is 7.47. The highest BCUT2D eigenvalue weighted by Crippen LogP contribution is 2.28. The second kappa shape index (κ2) is 2.55. The third-order valence-corrected chi connectivity index (χ3v) is 2.33. The van der Waals surface area contributed by atoms with Crippen LogP contribution in [0.15, 0.2) is 10.8 Å². The van der Waals surface area contributed by atoms with Gasteiger partial charge in [0.25, 0.3) is 0 Å². The number of ether oxygens (including phenoxy) is 1. The molecule has 1 aliphatic rings. The van der Waals surface area contributed by atoms with Gasteiger partial charge in [-0.2, -0.15) is 0 Å². The standard InChI is InChI=1S/C7H9BrN2O2/c1-10-2-5(8)9-6(10)7(11)3-12-4-7/h2,11H,3-4H2,1H3. The van der Waals surface area contributed by atoms with Crippen LogP contribution in [-0.2, 0) is 17.4 Å². The summed E-state index contributed by atoms with van der Waals surface area (Å²) in [5.41, 5.74) is -0.874. The number of hydrogen-bond donors (Lipinski definition) is 1. The lowest BCUT2D eigenvalue weighted by molar-refractivity contribution is -0.190. The van der Waals surface area contributed by atoms with Crippen LogP contribution in [0.2, 0.25) is 0 Å². The summed E-state index contributed by atoms with van der Waals surface area (Å²) in [4.78, 5) is 4.15. The monoisotopic (exact) mass is 232 g/mol. The molecule has 5 heteroatoms.